The summed E-state index contributed by atoms with van der Waals surface area (Å²) in [6, 6.07) is 7.15. The normalized spacial score (nSPS) is 16.5. The number of nitrogens with one attached hydrogen (secondary N) is 1. The molecule has 3 N–H and O–H groups in total. The number of nitrogens with two attached hydrogens (primary N) is 1. The number of hydrogen-bond acceptors (Lipinski definition) is 5. The van der Waals surface area contributed by atoms with E-state index in [-0.39, 0.29) is 11.3 Å². The Hall–Kier alpha value is -2.21. The lowest BCUT2D eigenvalue weighted by molar-refractivity contribution is 0.0939. The molecule has 1 fully saturated rings. The standard InChI is InChI=1S/C18H24N4O2/c1-17(2,3)11-20-14(23)12-5-7-13(8-6-12)15-21-16(22-24-15)18(19)9-4-10-18/h5-8H,4,9-11,19H2,1-3H3,(H,20,23). The molecule has 1 aromatic heterocycles. The van der Waals surface area contributed by atoms with Gasteiger partial charge < -0.3 is 15.6 Å². The molecule has 1 heterocycles. The van der Waals surface area contributed by atoms with Gasteiger partial charge in [0.25, 0.3) is 11.8 Å². The van der Waals surface area contributed by atoms with Crippen LogP contribution in [-0.2, 0) is 5.54 Å². The first-order valence-electron chi connectivity index (χ1n) is 8.29. The lowest BCUT2D eigenvalue weighted by atomic mass is 9.77. The topological polar surface area (TPSA) is 94.0 Å². The van der Waals surface area contributed by atoms with Crippen molar-refractivity contribution in [3.63, 3.8) is 0 Å². The smallest absolute Gasteiger partial charge is 0.257 e. The molecule has 1 aromatic carbocycles. The zero-order valence-corrected chi connectivity index (χ0v) is 14.4. The fourth-order valence-corrected chi connectivity index (χ4v) is 2.54. The SMILES string of the molecule is CC(C)(C)CNC(=O)c1ccc(-c2nc(C3(N)CCC3)no2)cc1. The van der Waals surface area contributed by atoms with Crippen LogP contribution in [0.3, 0.4) is 0 Å². The van der Waals surface area contributed by atoms with Crippen molar-refractivity contribution in [2.75, 3.05) is 6.54 Å². The van der Waals surface area contributed by atoms with Crippen molar-refractivity contribution in [2.45, 2.75) is 45.6 Å². The predicted molar refractivity (Wildman–Crippen MR) is 91.2 cm³/mol. The van der Waals surface area contributed by atoms with E-state index in [2.05, 4.69) is 36.2 Å². The number of aromatic nitrogens is 2. The Bertz CT molecular complexity index is 724. The van der Waals surface area contributed by atoms with Gasteiger partial charge in [-0.25, -0.2) is 0 Å². The average Bonchev–Trinajstić information content (AvgIpc) is 3.00. The lowest BCUT2D eigenvalue weighted by Crippen LogP contribution is -2.44. The maximum absolute atomic E-state index is 12.1. The zero-order chi connectivity index (χ0) is 17.4. The molecule has 0 radical (unpaired) electrons. The molecule has 0 bridgehead atoms. The average molecular weight is 328 g/mol. The molecule has 0 unspecified atom stereocenters. The third-order valence-corrected chi connectivity index (χ3v) is 4.29. The second kappa shape index (κ2) is 6.02. The van der Waals surface area contributed by atoms with Gasteiger partial charge >= 0.3 is 0 Å². The summed E-state index contributed by atoms with van der Waals surface area (Å²) in [5.74, 6) is 0.914. The molecular weight excluding hydrogens is 304 g/mol. The van der Waals surface area contributed by atoms with E-state index in [1.165, 1.54) is 0 Å². The number of carbonyl (C=O) groups is 1. The van der Waals surface area contributed by atoms with E-state index in [9.17, 15) is 4.79 Å². The molecule has 1 aliphatic carbocycles. The van der Waals surface area contributed by atoms with Crippen molar-refractivity contribution in [1.29, 1.82) is 0 Å². The molecule has 6 heteroatoms. The molecule has 0 saturated heterocycles. The van der Waals surface area contributed by atoms with Crippen molar-refractivity contribution in [1.82, 2.24) is 15.5 Å². The van der Waals surface area contributed by atoms with E-state index >= 15 is 0 Å². The Morgan fingerprint density at radius 3 is 2.50 bits per heavy atom. The minimum atomic E-state index is -0.436. The molecule has 0 atom stereocenters. The first-order chi connectivity index (χ1) is 11.3. The van der Waals surface area contributed by atoms with Gasteiger partial charge in [-0.1, -0.05) is 25.9 Å². The van der Waals surface area contributed by atoms with Gasteiger partial charge in [-0.2, -0.15) is 4.98 Å². The summed E-state index contributed by atoms with van der Waals surface area (Å²) in [6.45, 7) is 6.86. The van der Waals surface area contributed by atoms with Gasteiger partial charge in [-0.15, -0.1) is 0 Å². The number of benzene rings is 1. The second-order valence-corrected chi connectivity index (χ2v) is 7.75. The van der Waals surface area contributed by atoms with E-state index in [0.717, 1.165) is 24.8 Å². The van der Waals surface area contributed by atoms with Gasteiger partial charge in [0, 0.05) is 17.7 Å². The van der Waals surface area contributed by atoms with Crippen LogP contribution in [0, 0.1) is 5.41 Å². The maximum Gasteiger partial charge on any atom is 0.257 e. The highest BCUT2D eigenvalue weighted by Gasteiger charge is 2.39. The van der Waals surface area contributed by atoms with Crippen LogP contribution in [0.2, 0.25) is 0 Å². The van der Waals surface area contributed by atoms with Gasteiger partial charge in [0.15, 0.2) is 5.82 Å². The first-order valence-corrected chi connectivity index (χ1v) is 8.29. The van der Waals surface area contributed by atoms with E-state index in [1.807, 2.05) is 12.1 Å². The Kier molecular flexibility index (Phi) is 4.17. The molecule has 1 amide bonds. The highest BCUT2D eigenvalue weighted by molar-refractivity contribution is 5.94. The Morgan fingerprint density at radius 1 is 1.29 bits per heavy atom. The van der Waals surface area contributed by atoms with E-state index in [1.54, 1.807) is 12.1 Å². The van der Waals surface area contributed by atoms with E-state index < -0.39 is 5.54 Å². The van der Waals surface area contributed by atoms with Gasteiger partial charge in [-0.05, 0) is 48.9 Å². The molecule has 1 saturated carbocycles. The van der Waals surface area contributed by atoms with E-state index in [4.69, 9.17) is 10.3 Å². The van der Waals surface area contributed by atoms with Crippen LogP contribution in [0.5, 0.6) is 0 Å². The van der Waals surface area contributed by atoms with Crippen LogP contribution >= 0.6 is 0 Å². The van der Waals surface area contributed by atoms with Gasteiger partial charge in [-0.3, -0.25) is 4.79 Å². The fraction of sp³-hybridized carbons (Fsp3) is 0.500. The number of amides is 1. The molecular formula is C18H24N4O2. The van der Waals surface area contributed by atoms with Gasteiger partial charge in [0.1, 0.15) is 0 Å². The van der Waals surface area contributed by atoms with Crippen molar-refractivity contribution in [3.05, 3.63) is 35.7 Å². The highest BCUT2D eigenvalue weighted by Crippen LogP contribution is 2.37. The molecule has 2 aromatic rings. The third kappa shape index (κ3) is 3.48. The zero-order valence-electron chi connectivity index (χ0n) is 14.4. The van der Waals surface area contributed by atoms with Crippen LogP contribution in [0.25, 0.3) is 11.5 Å². The Labute approximate surface area is 141 Å². The quantitative estimate of drug-likeness (QED) is 0.900. The monoisotopic (exact) mass is 328 g/mol. The summed E-state index contributed by atoms with van der Waals surface area (Å²) >= 11 is 0. The molecule has 24 heavy (non-hydrogen) atoms. The van der Waals surface area contributed by atoms with Crippen LogP contribution in [-0.4, -0.2) is 22.6 Å². The molecule has 6 nitrogen and oxygen atoms in total. The molecule has 1 aliphatic rings. The summed E-state index contributed by atoms with van der Waals surface area (Å²) < 4.78 is 5.32. The Morgan fingerprint density at radius 2 is 1.96 bits per heavy atom. The van der Waals surface area contributed by atoms with Gasteiger partial charge in [0.2, 0.25) is 0 Å². The van der Waals surface area contributed by atoms with Crippen molar-refractivity contribution in [2.24, 2.45) is 11.1 Å². The number of carbonyl (C=O) groups excluding carboxylic acids is 1. The van der Waals surface area contributed by atoms with Crippen LogP contribution in [0.4, 0.5) is 0 Å². The van der Waals surface area contributed by atoms with Crippen LogP contribution < -0.4 is 11.1 Å². The summed E-state index contributed by atoms with van der Waals surface area (Å²) in [4.78, 5) is 16.6. The molecule has 0 spiro atoms. The van der Waals surface area contributed by atoms with Crippen molar-refractivity contribution < 1.29 is 9.32 Å². The number of rotatable bonds is 4. The second-order valence-electron chi connectivity index (χ2n) is 7.75. The maximum atomic E-state index is 12.1. The minimum absolute atomic E-state index is 0.0511. The number of nitrogens with zero attached hydrogens (tertiary/aromatic N) is 2. The van der Waals surface area contributed by atoms with Crippen LogP contribution in [0.1, 0.15) is 56.2 Å². The van der Waals surface area contributed by atoms with Crippen LogP contribution in [0.15, 0.2) is 28.8 Å². The molecule has 0 aliphatic heterocycles. The molecule has 3 rings (SSSR count). The molecule has 128 valence electrons. The highest BCUT2D eigenvalue weighted by atomic mass is 16.5. The summed E-state index contributed by atoms with van der Waals surface area (Å²) in [5, 5.41) is 6.94. The third-order valence-electron chi connectivity index (χ3n) is 4.29. The lowest BCUT2D eigenvalue weighted by Gasteiger charge is -2.34. The van der Waals surface area contributed by atoms with Gasteiger partial charge in [0.05, 0.1) is 5.54 Å². The van der Waals surface area contributed by atoms with E-state index in [0.29, 0.717) is 23.8 Å². The fourth-order valence-electron chi connectivity index (χ4n) is 2.54. The Balaban J connectivity index is 1.69. The largest absolute Gasteiger partial charge is 0.352 e. The first kappa shape index (κ1) is 16.6. The summed E-state index contributed by atoms with van der Waals surface area (Å²) in [6.07, 6.45) is 2.87. The van der Waals surface area contributed by atoms with Crippen molar-refractivity contribution in [3.8, 4) is 11.5 Å². The predicted octanol–water partition coefficient (Wildman–Crippen LogP) is 2.85. The minimum Gasteiger partial charge on any atom is -0.352 e. The van der Waals surface area contributed by atoms with Crippen molar-refractivity contribution >= 4 is 5.91 Å². The summed E-state index contributed by atoms with van der Waals surface area (Å²) in [7, 11) is 0. The number of hydrogen-bond donors (Lipinski definition) is 2. The summed E-state index contributed by atoms with van der Waals surface area (Å²) in [5.41, 5.74) is 7.21.